The van der Waals surface area contributed by atoms with E-state index in [2.05, 4.69) is 13.8 Å². The standard InChI is InChI=1S/C13H17NO2/c1-8(2)10-4-3-5-11(13(14)15)12(10)16-9-6-7-9/h3-5,8-9H,6-7H2,1-2H3,(H2,14,15). The zero-order valence-electron chi connectivity index (χ0n) is 9.69. The summed E-state index contributed by atoms with van der Waals surface area (Å²) in [6.07, 6.45) is 2.42. The van der Waals surface area contributed by atoms with Gasteiger partial charge in [0.05, 0.1) is 11.7 Å². The van der Waals surface area contributed by atoms with E-state index in [0.29, 0.717) is 17.2 Å². The number of amides is 1. The van der Waals surface area contributed by atoms with E-state index < -0.39 is 5.91 Å². The first kappa shape index (κ1) is 11.0. The maximum atomic E-state index is 11.3. The molecule has 0 radical (unpaired) electrons. The number of rotatable bonds is 4. The first-order chi connectivity index (χ1) is 7.59. The SMILES string of the molecule is CC(C)c1cccc(C(N)=O)c1OC1CC1. The van der Waals surface area contributed by atoms with Crippen molar-refractivity contribution in [3.05, 3.63) is 29.3 Å². The van der Waals surface area contributed by atoms with E-state index in [0.717, 1.165) is 18.4 Å². The van der Waals surface area contributed by atoms with Crippen LogP contribution in [0.25, 0.3) is 0 Å². The van der Waals surface area contributed by atoms with E-state index >= 15 is 0 Å². The molecule has 2 N–H and O–H groups in total. The monoisotopic (exact) mass is 219 g/mol. The number of hydrogen-bond donors (Lipinski definition) is 1. The van der Waals surface area contributed by atoms with Crippen molar-refractivity contribution in [3.63, 3.8) is 0 Å². The quantitative estimate of drug-likeness (QED) is 0.845. The molecule has 0 bridgehead atoms. The van der Waals surface area contributed by atoms with Crippen molar-refractivity contribution in [2.24, 2.45) is 5.73 Å². The minimum atomic E-state index is -0.418. The third-order valence-electron chi connectivity index (χ3n) is 2.74. The second kappa shape index (κ2) is 4.16. The number of hydrogen-bond acceptors (Lipinski definition) is 2. The van der Waals surface area contributed by atoms with Crippen molar-refractivity contribution >= 4 is 5.91 Å². The van der Waals surface area contributed by atoms with Gasteiger partial charge < -0.3 is 10.5 Å². The second-order valence-electron chi connectivity index (χ2n) is 4.56. The van der Waals surface area contributed by atoms with Crippen LogP contribution in [0.15, 0.2) is 18.2 Å². The summed E-state index contributed by atoms with van der Waals surface area (Å²) >= 11 is 0. The third kappa shape index (κ3) is 2.18. The van der Waals surface area contributed by atoms with Crippen LogP contribution in [0.3, 0.4) is 0 Å². The summed E-state index contributed by atoms with van der Waals surface area (Å²) in [4.78, 5) is 11.3. The van der Waals surface area contributed by atoms with Crippen LogP contribution in [-0.2, 0) is 0 Å². The first-order valence-corrected chi connectivity index (χ1v) is 5.69. The lowest BCUT2D eigenvalue weighted by atomic mass is 9.99. The van der Waals surface area contributed by atoms with Crippen LogP contribution in [0.4, 0.5) is 0 Å². The summed E-state index contributed by atoms with van der Waals surface area (Å²) in [6, 6.07) is 5.58. The van der Waals surface area contributed by atoms with Gasteiger partial charge in [-0.1, -0.05) is 26.0 Å². The summed E-state index contributed by atoms with van der Waals surface area (Å²) in [5.41, 5.74) is 6.92. The number of benzene rings is 1. The molecule has 2 rings (SSSR count). The van der Waals surface area contributed by atoms with Crippen LogP contribution in [0.2, 0.25) is 0 Å². The highest BCUT2D eigenvalue weighted by Crippen LogP contribution is 2.35. The lowest BCUT2D eigenvalue weighted by Gasteiger charge is -2.16. The molecule has 0 aromatic heterocycles. The Hall–Kier alpha value is -1.51. The van der Waals surface area contributed by atoms with Gasteiger partial charge in [-0.05, 0) is 30.4 Å². The molecule has 0 spiro atoms. The molecule has 0 unspecified atom stereocenters. The van der Waals surface area contributed by atoms with Gasteiger partial charge in [-0.2, -0.15) is 0 Å². The predicted octanol–water partition coefficient (Wildman–Crippen LogP) is 2.45. The smallest absolute Gasteiger partial charge is 0.252 e. The van der Waals surface area contributed by atoms with Crippen molar-refractivity contribution in [3.8, 4) is 5.75 Å². The molecule has 1 fully saturated rings. The molecule has 0 aliphatic heterocycles. The molecule has 1 saturated carbocycles. The van der Waals surface area contributed by atoms with Crippen LogP contribution in [0.1, 0.15) is 48.5 Å². The molecule has 1 aliphatic rings. The molecule has 86 valence electrons. The lowest BCUT2D eigenvalue weighted by Crippen LogP contribution is -2.15. The van der Waals surface area contributed by atoms with E-state index in [9.17, 15) is 4.79 Å². The van der Waals surface area contributed by atoms with Gasteiger partial charge in [0.2, 0.25) is 0 Å². The number of carbonyl (C=O) groups excluding carboxylic acids is 1. The summed E-state index contributed by atoms with van der Waals surface area (Å²) in [7, 11) is 0. The van der Waals surface area contributed by atoms with E-state index in [1.807, 2.05) is 12.1 Å². The van der Waals surface area contributed by atoms with Gasteiger partial charge in [0, 0.05) is 0 Å². The van der Waals surface area contributed by atoms with E-state index in [1.165, 1.54) is 0 Å². The number of ether oxygens (including phenoxy) is 1. The van der Waals surface area contributed by atoms with Crippen molar-refractivity contribution in [2.45, 2.75) is 38.7 Å². The average Bonchev–Trinajstić information content (AvgIpc) is 3.01. The van der Waals surface area contributed by atoms with Crippen molar-refractivity contribution < 1.29 is 9.53 Å². The fraction of sp³-hybridized carbons (Fsp3) is 0.462. The maximum Gasteiger partial charge on any atom is 0.252 e. The molecule has 1 aromatic carbocycles. The zero-order chi connectivity index (χ0) is 11.7. The molecule has 3 nitrogen and oxygen atoms in total. The van der Waals surface area contributed by atoms with Crippen LogP contribution < -0.4 is 10.5 Å². The van der Waals surface area contributed by atoms with Crippen molar-refractivity contribution in [1.82, 2.24) is 0 Å². The van der Waals surface area contributed by atoms with E-state index in [4.69, 9.17) is 10.5 Å². The molecule has 0 heterocycles. The Labute approximate surface area is 95.6 Å². The van der Waals surface area contributed by atoms with Gasteiger partial charge >= 0.3 is 0 Å². The van der Waals surface area contributed by atoms with Crippen molar-refractivity contribution in [2.75, 3.05) is 0 Å². The topological polar surface area (TPSA) is 52.3 Å². The highest BCUT2D eigenvalue weighted by molar-refractivity contribution is 5.96. The average molecular weight is 219 g/mol. The molecular weight excluding hydrogens is 202 g/mol. The molecule has 1 aromatic rings. The largest absolute Gasteiger partial charge is 0.489 e. The fourth-order valence-electron chi connectivity index (χ4n) is 1.69. The summed E-state index contributed by atoms with van der Waals surface area (Å²) in [6.45, 7) is 4.17. The molecule has 1 amide bonds. The molecule has 3 heteroatoms. The Morgan fingerprint density at radius 2 is 2.12 bits per heavy atom. The summed E-state index contributed by atoms with van der Waals surface area (Å²) in [5.74, 6) is 0.596. The Kier molecular flexibility index (Phi) is 2.86. The molecule has 0 saturated heterocycles. The Balaban J connectivity index is 2.42. The Morgan fingerprint density at radius 1 is 1.44 bits per heavy atom. The first-order valence-electron chi connectivity index (χ1n) is 5.69. The highest BCUT2D eigenvalue weighted by Gasteiger charge is 2.27. The molecule has 1 aliphatic carbocycles. The normalized spacial score (nSPS) is 15.2. The van der Waals surface area contributed by atoms with Gasteiger partial charge in [-0.15, -0.1) is 0 Å². The maximum absolute atomic E-state index is 11.3. The van der Waals surface area contributed by atoms with Crippen molar-refractivity contribution in [1.29, 1.82) is 0 Å². The summed E-state index contributed by atoms with van der Waals surface area (Å²) in [5, 5.41) is 0. The van der Waals surface area contributed by atoms with Crippen LogP contribution in [0.5, 0.6) is 5.75 Å². The van der Waals surface area contributed by atoms with Crippen LogP contribution in [-0.4, -0.2) is 12.0 Å². The van der Waals surface area contributed by atoms with Gasteiger partial charge in [0.15, 0.2) is 0 Å². The lowest BCUT2D eigenvalue weighted by molar-refractivity contribution is 0.0996. The fourth-order valence-corrected chi connectivity index (χ4v) is 1.69. The molecule has 16 heavy (non-hydrogen) atoms. The van der Waals surface area contributed by atoms with Gasteiger partial charge in [-0.3, -0.25) is 4.79 Å². The summed E-state index contributed by atoms with van der Waals surface area (Å²) < 4.78 is 5.81. The van der Waals surface area contributed by atoms with E-state index in [-0.39, 0.29) is 6.10 Å². The Morgan fingerprint density at radius 3 is 2.62 bits per heavy atom. The highest BCUT2D eigenvalue weighted by atomic mass is 16.5. The van der Waals surface area contributed by atoms with Crippen LogP contribution in [0, 0.1) is 0 Å². The third-order valence-corrected chi connectivity index (χ3v) is 2.74. The Bertz CT molecular complexity index is 408. The van der Waals surface area contributed by atoms with Crippen LogP contribution >= 0.6 is 0 Å². The zero-order valence-corrected chi connectivity index (χ0v) is 9.69. The van der Waals surface area contributed by atoms with E-state index in [1.54, 1.807) is 6.07 Å². The molecule has 0 atom stereocenters. The number of para-hydroxylation sites is 1. The van der Waals surface area contributed by atoms with Gasteiger partial charge in [0.1, 0.15) is 5.75 Å². The predicted molar refractivity (Wildman–Crippen MR) is 62.7 cm³/mol. The minimum absolute atomic E-state index is 0.276. The number of nitrogens with two attached hydrogens (primary N) is 1. The number of carbonyl (C=O) groups is 1. The number of primary amides is 1. The molecular formula is C13H17NO2. The van der Waals surface area contributed by atoms with Gasteiger partial charge in [-0.25, -0.2) is 0 Å². The minimum Gasteiger partial charge on any atom is -0.489 e. The second-order valence-corrected chi connectivity index (χ2v) is 4.56. The van der Waals surface area contributed by atoms with Gasteiger partial charge in [0.25, 0.3) is 5.91 Å².